The van der Waals surface area contributed by atoms with Gasteiger partial charge < -0.3 is 14.5 Å². The van der Waals surface area contributed by atoms with Gasteiger partial charge in [-0.2, -0.15) is 15.5 Å². The second-order valence-electron chi connectivity index (χ2n) is 6.36. The zero-order valence-electron chi connectivity index (χ0n) is 16.1. The molecule has 4 rings (SSSR count). The molecule has 0 fully saturated rings. The van der Waals surface area contributed by atoms with Crippen molar-refractivity contribution in [3.05, 3.63) is 84.2 Å². The maximum absolute atomic E-state index is 12.3. The Morgan fingerprint density at radius 1 is 1.13 bits per heavy atom. The average Bonchev–Trinajstić information content (AvgIpc) is 3.54. The molecule has 31 heavy (non-hydrogen) atoms. The van der Waals surface area contributed by atoms with E-state index in [-0.39, 0.29) is 17.1 Å². The molecule has 0 saturated carbocycles. The number of carbonyl (C=O) groups is 2. The fourth-order valence-corrected chi connectivity index (χ4v) is 2.81. The summed E-state index contributed by atoms with van der Waals surface area (Å²) in [6.07, 6.45) is 4.75. The minimum absolute atomic E-state index is 0.0259. The van der Waals surface area contributed by atoms with Gasteiger partial charge in [0.25, 0.3) is 5.91 Å². The molecule has 0 bridgehead atoms. The van der Waals surface area contributed by atoms with E-state index < -0.39 is 18.5 Å². The van der Waals surface area contributed by atoms with Gasteiger partial charge in [-0.25, -0.2) is 9.48 Å². The molecule has 0 radical (unpaired) electrons. The van der Waals surface area contributed by atoms with Crippen LogP contribution in [0.5, 0.6) is 0 Å². The Balaban J connectivity index is 1.38. The van der Waals surface area contributed by atoms with Crippen LogP contribution in [0.2, 0.25) is 0 Å². The van der Waals surface area contributed by atoms with Gasteiger partial charge in [-0.1, -0.05) is 18.2 Å². The highest BCUT2D eigenvalue weighted by Crippen LogP contribution is 2.19. The first-order valence-electron chi connectivity index (χ1n) is 9.20. The molecule has 0 aliphatic heterocycles. The van der Waals surface area contributed by atoms with Gasteiger partial charge in [0.15, 0.2) is 12.4 Å². The summed E-state index contributed by atoms with van der Waals surface area (Å²) in [7, 11) is 0. The summed E-state index contributed by atoms with van der Waals surface area (Å²) in [4.78, 5) is 24.5. The van der Waals surface area contributed by atoms with Crippen molar-refractivity contribution in [2.24, 2.45) is 0 Å². The number of esters is 1. The number of rotatable bonds is 7. The Morgan fingerprint density at radius 2 is 1.97 bits per heavy atom. The maximum Gasteiger partial charge on any atom is 0.374 e. The number of carbonyl (C=O) groups excluding carboxylic acids is 2. The predicted molar refractivity (Wildman–Crippen MR) is 107 cm³/mol. The quantitative estimate of drug-likeness (QED) is 0.458. The second kappa shape index (κ2) is 8.79. The molecule has 0 unspecified atom stereocenters. The first-order chi connectivity index (χ1) is 15.1. The Morgan fingerprint density at radius 3 is 2.71 bits per heavy atom. The average molecular weight is 416 g/mol. The van der Waals surface area contributed by atoms with Crippen LogP contribution in [0.1, 0.15) is 21.9 Å². The van der Waals surface area contributed by atoms with Crippen molar-refractivity contribution in [1.82, 2.24) is 19.6 Å². The number of nitrogens with zero attached hydrogens (tertiary/aromatic N) is 5. The summed E-state index contributed by atoms with van der Waals surface area (Å²) in [5.41, 5.74) is 0.842. The number of ether oxygens (including phenoxy) is 1. The number of furan rings is 1. The van der Waals surface area contributed by atoms with Gasteiger partial charge in [-0.3, -0.25) is 9.48 Å². The van der Waals surface area contributed by atoms with Crippen LogP contribution in [-0.2, 0) is 16.1 Å². The van der Waals surface area contributed by atoms with E-state index in [0.717, 1.165) is 0 Å². The van der Waals surface area contributed by atoms with Gasteiger partial charge in [0.05, 0.1) is 18.4 Å². The van der Waals surface area contributed by atoms with Crippen LogP contribution >= 0.6 is 0 Å². The molecule has 1 amide bonds. The Bertz CT molecular complexity index is 1230. The standard InChI is InChI=1S/C21H16N6O4/c22-11-15-12-24-27(16-5-2-1-3-6-16)20(15)25-19(28)14-30-21(29)18-8-7-17(31-18)13-26-10-4-9-23-26/h1-10,12H,13-14H2,(H,25,28). The molecule has 4 aromatic rings. The minimum atomic E-state index is -0.779. The molecule has 0 spiro atoms. The number of amides is 1. The van der Waals surface area contributed by atoms with Gasteiger partial charge in [-0.15, -0.1) is 0 Å². The van der Waals surface area contributed by atoms with E-state index in [4.69, 9.17) is 9.15 Å². The molecule has 10 heteroatoms. The number of anilines is 1. The number of para-hydroxylation sites is 1. The van der Waals surface area contributed by atoms with Crippen molar-refractivity contribution >= 4 is 17.7 Å². The van der Waals surface area contributed by atoms with E-state index >= 15 is 0 Å². The van der Waals surface area contributed by atoms with E-state index in [1.807, 2.05) is 12.1 Å². The third kappa shape index (κ3) is 4.51. The van der Waals surface area contributed by atoms with E-state index in [2.05, 4.69) is 15.5 Å². The van der Waals surface area contributed by atoms with Crippen molar-refractivity contribution in [1.29, 1.82) is 5.26 Å². The van der Waals surface area contributed by atoms with Crippen molar-refractivity contribution in [2.45, 2.75) is 6.54 Å². The lowest BCUT2D eigenvalue weighted by molar-refractivity contribution is -0.119. The summed E-state index contributed by atoms with van der Waals surface area (Å²) in [5, 5.41) is 20.1. The molecule has 0 atom stereocenters. The predicted octanol–water partition coefficient (Wildman–Crippen LogP) is 2.38. The van der Waals surface area contributed by atoms with Crippen molar-refractivity contribution in [3.63, 3.8) is 0 Å². The molecule has 154 valence electrons. The molecule has 0 aliphatic rings. The number of benzene rings is 1. The topological polar surface area (TPSA) is 128 Å². The van der Waals surface area contributed by atoms with Crippen LogP contribution in [0.3, 0.4) is 0 Å². The van der Waals surface area contributed by atoms with Gasteiger partial charge >= 0.3 is 5.97 Å². The van der Waals surface area contributed by atoms with Gasteiger partial charge in [0.2, 0.25) is 5.76 Å². The molecule has 10 nitrogen and oxygen atoms in total. The normalized spacial score (nSPS) is 10.4. The zero-order valence-corrected chi connectivity index (χ0v) is 16.1. The summed E-state index contributed by atoms with van der Waals surface area (Å²) in [6.45, 7) is -0.194. The zero-order chi connectivity index (χ0) is 21.6. The van der Waals surface area contributed by atoms with Crippen molar-refractivity contribution in [3.8, 4) is 11.8 Å². The molecule has 1 N–H and O–H groups in total. The first kappa shape index (κ1) is 19.7. The molecular weight excluding hydrogens is 400 g/mol. The Labute approximate surface area is 176 Å². The van der Waals surface area contributed by atoms with Crippen LogP contribution in [0.25, 0.3) is 5.69 Å². The summed E-state index contributed by atoms with van der Waals surface area (Å²) in [5.74, 6) is -0.716. The molecule has 3 aromatic heterocycles. The molecule has 3 heterocycles. The largest absolute Gasteiger partial charge is 0.452 e. The third-order valence-corrected chi connectivity index (χ3v) is 4.22. The molecular formula is C21H16N6O4. The number of nitrogens with one attached hydrogen (secondary N) is 1. The third-order valence-electron chi connectivity index (χ3n) is 4.22. The van der Waals surface area contributed by atoms with Crippen LogP contribution in [-0.4, -0.2) is 38.0 Å². The van der Waals surface area contributed by atoms with Gasteiger partial charge in [0.1, 0.15) is 17.4 Å². The number of nitriles is 1. The highest BCUT2D eigenvalue weighted by atomic mass is 16.5. The SMILES string of the molecule is N#Cc1cnn(-c2ccccc2)c1NC(=O)COC(=O)c1ccc(Cn2cccn2)o1. The smallest absolute Gasteiger partial charge is 0.374 e. The van der Waals surface area contributed by atoms with Gasteiger partial charge in [0, 0.05) is 12.4 Å². The van der Waals surface area contributed by atoms with Crippen molar-refractivity contribution < 1.29 is 18.7 Å². The second-order valence-corrected chi connectivity index (χ2v) is 6.36. The lowest BCUT2D eigenvalue weighted by Crippen LogP contribution is -2.22. The number of hydrogen-bond acceptors (Lipinski definition) is 7. The Kier molecular flexibility index (Phi) is 5.57. The fraction of sp³-hybridized carbons (Fsp3) is 0.0952. The molecule has 0 saturated heterocycles. The summed E-state index contributed by atoms with van der Waals surface area (Å²) in [6, 6.07) is 15.9. The lowest BCUT2D eigenvalue weighted by Gasteiger charge is -2.09. The first-order valence-corrected chi connectivity index (χ1v) is 9.20. The van der Waals surface area contributed by atoms with Crippen LogP contribution < -0.4 is 5.32 Å². The molecule has 0 aliphatic carbocycles. The monoisotopic (exact) mass is 416 g/mol. The van der Waals surface area contributed by atoms with Crippen molar-refractivity contribution in [2.75, 3.05) is 11.9 Å². The number of hydrogen-bond donors (Lipinski definition) is 1. The highest BCUT2D eigenvalue weighted by molar-refractivity contribution is 5.95. The van der Waals surface area contributed by atoms with Gasteiger partial charge in [-0.05, 0) is 30.3 Å². The van der Waals surface area contributed by atoms with Crippen LogP contribution in [0, 0.1) is 11.3 Å². The van der Waals surface area contributed by atoms with Crippen LogP contribution in [0.4, 0.5) is 5.82 Å². The van der Waals surface area contributed by atoms with E-state index in [1.165, 1.54) is 16.9 Å². The fourth-order valence-electron chi connectivity index (χ4n) is 2.81. The lowest BCUT2D eigenvalue weighted by atomic mass is 10.3. The highest BCUT2D eigenvalue weighted by Gasteiger charge is 2.18. The molecule has 1 aromatic carbocycles. The maximum atomic E-state index is 12.3. The van der Waals surface area contributed by atoms with Crippen LogP contribution in [0.15, 0.2) is 71.5 Å². The van der Waals surface area contributed by atoms with E-state index in [9.17, 15) is 14.9 Å². The summed E-state index contributed by atoms with van der Waals surface area (Å²) >= 11 is 0. The van der Waals surface area contributed by atoms with E-state index in [0.29, 0.717) is 18.0 Å². The Hall–Kier alpha value is -4.65. The number of aromatic nitrogens is 4. The van der Waals surface area contributed by atoms with E-state index in [1.54, 1.807) is 53.5 Å². The minimum Gasteiger partial charge on any atom is -0.452 e. The summed E-state index contributed by atoms with van der Waals surface area (Å²) < 4.78 is 13.5.